The quantitative estimate of drug-likeness (QED) is 0.489. The predicted octanol–water partition coefficient (Wildman–Crippen LogP) is -0.856. The van der Waals surface area contributed by atoms with E-state index in [1.165, 1.54) is 12.0 Å². The maximum Gasteiger partial charge on any atom is 0.337 e. The van der Waals surface area contributed by atoms with Crippen LogP contribution in [0.4, 0.5) is 0 Å². The number of carbonyl (C=O) groups excluding carboxylic acids is 1. The lowest BCUT2D eigenvalue weighted by molar-refractivity contribution is -0.884. The number of hydrogen-bond acceptors (Lipinski definition) is 5. The number of fused-ring (bicyclic) bond motifs is 3. The summed E-state index contributed by atoms with van der Waals surface area (Å²) < 4.78 is 24.0. The van der Waals surface area contributed by atoms with E-state index in [1.54, 1.807) is 27.4 Å². The molecule has 0 amide bonds. The van der Waals surface area contributed by atoms with Crippen LogP contribution in [-0.2, 0) is 11.3 Å². The van der Waals surface area contributed by atoms with Crippen LogP contribution < -0.4 is 31.5 Å². The second-order valence-corrected chi connectivity index (χ2v) is 7.35. The van der Waals surface area contributed by atoms with Crippen LogP contribution in [0.15, 0.2) is 24.3 Å². The van der Waals surface area contributed by atoms with E-state index >= 15 is 0 Å². The maximum absolute atomic E-state index is 12.1. The summed E-state index contributed by atoms with van der Waals surface area (Å²) in [6, 6.07) is 7.88. The Morgan fingerprint density at radius 2 is 1.67 bits per heavy atom. The van der Waals surface area contributed by atoms with Gasteiger partial charge in [-0.15, -0.1) is 0 Å². The number of benzene rings is 2. The lowest BCUT2D eigenvalue weighted by atomic mass is 10.1. The fourth-order valence-corrected chi connectivity index (χ4v) is 3.61. The normalized spacial score (nSPS) is 12.0. The highest BCUT2D eigenvalue weighted by Crippen LogP contribution is 2.46. The van der Waals surface area contributed by atoms with Gasteiger partial charge in [-0.25, -0.2) is 4.79 Å². The summed E-state index contributed by atoms with van der Waals surface area (Å²) in [7, 11) is 10.5. The number of nitrogens with one attached hydrogen (secondary N) is 1. The van der Waals surface area contributed by atoms with Gasteiger partial charge in [-0.05, 0) is 25.1 Å². The lowest BCUT2D eigenvalue weighted by Crippen LogP contribution is -3.10. The van der Waals surface area contributed by atoms with Crippen molar-refractivity contribution >= 4 is 27.8 Å². The Balaban J connectivity index is 0.00000320. The molecule has 0 aliphatic carbocycles. The maximum atomic E-state index is 12.1. The molecule has 0 aliphatic rings. The minimum Gasteiger partial charge on any atom is -1.00 e. The minimum absolute atomic E-state index is 0. The van der Waals surface area contributed by atoms with Crippen LogP contribution in [0.25, 0.3) is 21.8 Å². The van der Waals surface area contributed by atoms with Crippen molar-refractivity contribution < 1.29 is 41.0 Å². The van der Waals surface area contributed by atoms with E-state index in [-0.39, 0.29) is 18.4 Å². The molecule has 3 rings (SSSR count). The number of aromatic nitrogens is 1. The Bertz CT molecular complexity index is 1060. The standard InChI is InChI=1S/C22H28N2O5.ClH/c1-13(23(2)3)12-24-17-10-14(22(25)29-7)8-9-15(17)16-11-18(26-4)20(27-5)21(28-6)19(16)24;/h8-11,13H,12H2,1-7H3;1H. The first-order chi connectivity index (χ1) is 13.9. The first kappa shape index (κ1) is 23.6. The van der Waals surface area contributed by atoms with Gasteiger partial charge in [0.05, 0.1) is 65.7 Å². The van der Waals surface area contributed by atoms with Crippen LogP contribution in [0.3, 0.4) is 0 Å². The molecule has 1 heterocycles. The van der Waals surface area contributed by atoms with Gasteiger partial charge in [0, 0.05) is 10.8 Å². The lowest BCUT2D eigenvalue weighted by Gasteiger charge is -2.20. The predicted molar refractivity (Wildman–Crippen MR) is 113 cm³/mol. The number of nitrogens with zero attached hydrogens (tertiary/aromatic N) is 1. The van der Waals surface area contributed by atoms with Crippen molar-refractivity contribution in [2.75, 3.05) is 42.5 Å². The molecule has 8 heteroatoms. The number of rotatable bonds is 7. The van der Waals surface area contributed by atoms with Crippen molar-refractivity contribution in [3.8, 4) is 17.2 Å². The van der Waals surface area contributed by atoms with Crippen molar-refractivity contribution in [3.05, 3.63) is 29.8 Å². The summed E-state index contributed by atoms with van der Waals surface area (Å²) in [4.78, 5) is 13.5. The molecule has 0 spiro atoms. The average Bonchev–Trinajstić information content (AvgIpc) is 3.03. The number of esters is 1. The molecule has 0 saturated carbocycles. The van der Waals surface area contributed by atoms with Gasteiger partial charge in [0.15, 0.2) is 11.5 Å². The Kier molecular flexibility index (Phi) is 7.44. The fraction of sp³-hybridized carbons (Fsp3) is 0.409. The highest BCUT2D eigenvalue weighted by Gasteiger charge is 2.25. The number of methoxy groups -OCH3 is 4. The van der Waals surface area contributed by atoms with E-state index in [9.17, 15) is 4.79 Å². The Labute approximate surface area is 182 Å². The molecule has 0 saturated heterocycles. The largest absolute Gasteiger partial charge is 1.00 e. The van der Waals surface area contributed by atoms with E-state index in [0.717, 1.165) is 28.4 Å². The van der Waals surface area contributed by atoms with Crippen LogP contribution >= 0.6 is 0 Å². The molecule has 2 aromatic carbocycles. The smallest absolute Gasteiger partial charge is 0.337 e. The van der Waals surface area contributed by atoms with Crippen molar-refractivity contribution in [2.45, 2.75) is 19.5 Å². The van der Waals surface area contributed by atoms with Crippen LogP contribution in [0.1, 0.15) is 17.3 Å². The third-order valence-electron chi connectivity index (χ3n) is 5.52. The highest BCUT2D eigenvalue weighted by molar-refractivity contribution is 6.13. The Morgan fingerprint density at radius 1 is 1.00 bits per heavy atom. The molecule has 1 unspecified atom stereocenters. The number of quaternary nitrogens is 1. The van der Waals surface area contributed by atoms with E-state index in [4.69, 9.17) is 18.9 Å². The van der Waals surface area contributed by atoms with E-state index in [1.807, 2.05) is 18.2 Å². The molecule has 7 nitrogen and oxygen atoms in total. The number of likely N-dealkylation sites (N-methyl/N-ethyl adjacent to an activating group) is 1. The van der Waals surface area contributed by atoms with Crippen molar-refractivity contribution in [3.63, 3.8) is 0 Å². The van der Waals surface area contributed by atoms with Gasteiger partial charge in [-0.3, -0.25) is 0 Å². The van der Waals surface area contributed by atoms with Crippen LogP contribution in [0.5, 0.6) is 17.2 Å². The van der Waals surface area contributed by atoms with Gasteiger partial charge >= 0.3 is 5.97 Å². The van der Waals surface area contributed by atoms with Crippen LogP contribution in [0.2, 0.25) is 0 Å². The molecular formula is C22H29ClN2O5. The number of hydrogen-bond donors (Lipinski definition) is 1. The molecular weight excluding hydrogens is 408 g/mol. The minimum atomic E-state index is -0.364. The second-order valence-electron chi connectivity index (χ2n) is 7.35. The molecule has 0 fully saturated rings. The topological polar surface area (TPSA) is 63.4 Å². The monoisotopic (exact) mass is 436 g/mol. The third-order valence-corrected chi connectivity index (χ3v) is 5.52. The van der Waals surface area contributed by atoms with Gasteiger partial charge in [-0.2, -0.15) is 0 Å². The Hall–Kier alpha value is -2.64. The molecule has 30 heavy (non-hydrogen) atoms. The summed E-state index contributed by atoms with van der Waals surface area (Å²) in [5, 5.41) is 1.99. The average molecular weight is 437 g/mol. The van der Waals surface area contributed by atoms with Crippen LogP contribution in [-0.4, -0.2) is 59.1 Å². The van der Waals surface area contributed by atoms with E-state index < -0.39 is 0 Å². The SMILES string of the molecule is COC(=O)c1ccc2c3cc(OC)c(OC)c(OC)c3n(CC(C)[NH+](C)C)c2c1.[Cl-]. The van der Waals surface area contributed by atoms with Gasteiger partial charge in [0.25, 0.3) is 0 Å². The summed E-state index contributed by atoms with van der Waals surface area (Å²) in [5.41, 5.74) is 2.35. The zero-order chi connectivity index (χ0) is 21.3. The van der Waals surface area contributed by atoms with Gasteiger partial charge in [0.1, 0.15) is 6.04 Å². The van der Waals surface area contributed by atoms with Crippen LogP contribution in [0, 0.1) is 0 Å². The van der Waals surface area contributed by atoms with E-state index in [0.29, 0.717) is 28.9 Å². The summed E-state index contributed by atoms with van der Waals surface area (Å²) >= 11 is 0. The fourth-order valence-electron chi connectivity index (χ4n) is 3.61. The van der Waals surface area contributed by atoms with Gasteiger partial charge in [-0.1, -0.05) is 6.07 Å². The van der Waals surface area contributed by atoms with Gasteiger partial charge < -0.3 is 40.8 Å². The molecule has 0 aliphatic heterocycles. The molecule has 3 aromatic rings. The zero-order valence-electron chi connectivity index (χ0n) is 18.5. The molecule has 164 valence electrons. The first-order valence-corrected chi connectivity index (χ1v) is 9.51. The molecule has 1 aromatic heterocycles. The first-order valence-electron chi connectivity index (χ1n) is 9.51. The van der Waals surface area contributed by atoms with Gasteiger partial charge in [0.2, 0.25) is 5.75 Å². The van der Waals surface area contributed by atoms with Crippen molar-refractivity contribution in [2.24, 2.45) is 0 Å². The van der Waals surface area contributed by atoms with Crippen molar-refractivity contribution in [1.29, 1.82) is 0 Å². The molecule has 1 atom stereocenters. The summed E-state index contributed by atoms with van der Waals surface area (Å²) in [6.45, 7) is 2.92. The van der Waals surface area contributed by atoms with Crippen molar-refractivity contribution in [1.82, 2.24) is 4.57 Å². The third kappa shape index (κ3) is 3.87. The molecule has 0 bridgehead atoms. The number of halogens is 1. The highest BCUT2D eigenvalue weighted by atomic mass is 35.5. The van der Waals surface area contributed by atoms with E-state index in [2.05, 4.69) is 25.6 Å². The number of ether oxygens (including phenoxy) is 4. The summed E-state index contributed by atoms with van der Waals surface area (Å²) in [5.74, 6) is 1.39. The Morgan fingerprint density at radius 3 is 2.20 bits per heavy atom. The summed E-state index contributed by atoms with van der Waals surface area (Å²) in [6.07, 6.45) is 0. The zero-order valence-corrected chi connectivity index (χ0v) is 19.2. The molecule has 1 N–H and O–H groups in total. The second kappa shape index (κ2) is 9.45. The molecule has 0 radical (unpaired) electrons. The number of carbonyl (C=O) groups is 1.